The number of ketones is 1. The molecule has 5 aliphatic carbocycles. The molecule has 7 aliphatic rings. The van der Waals surface area contributed by atoms with Crippen molar-refractivity contribution in [3.05, 3.63) is 35.4 Å². The SMILES string of the molecule is COc1ccc2c3c1OC1C4(OC)C=CC5(CC4C(C)=O)[C@@H](C2)N(CC2CC2)CC[C@]315. The Kier molecular flexibility index (Phi) is 3.46. The van der Waals surface area contributed by atoms with E-state index in [0.29, 0.717) is 6.04 Å². The monoisotopic (exact) mass is 421 g/mol. The number of piperidine rings is 1. The lowest BCUT2D eigenvalue weighted by molar-refractivity contribution is -0.214. The summed E-state index contributed by atoms with van der Waals surface area (Å²) in [5, 5.41) is 0. The maximum Gasteiger partial charge on any atom is 0.166 e. The zero-order chi connectivity index (χ0) is 21.2. The average Bonchev–Trinajstić information content (AvgIpc) is 3.52. The number of Topliss-reactive ketones (excluding diaryl/α,β-unsaturated/α-hetero) is 1. The Morgan fingerprint density at radius 2 is 2.10 bits per heavy atom. The third kappa shape index (κ3) is 1.92. The smallest absolute Gasteiger partial charge is 0.166 e. The summed E-state index contributed by atoms with van der Waals surface area (Å²) in [6.07, 6.45) is 10.1. The predicted molar refractivity (Wildman–Crippen MR) is 116 cm³/mol. The highest BCUT2D eigenvalue weighted by Crippen LogP contribution is 2.74. The van der Waals surface area contributed by atoms with Crippen molar-refractivity contribution in [2.75, 3.05) is 27.3 Å². The summed E-state index contributed by atoms with van der Waals surface area (Å²) in [5.74, 6) is 2.60. The van der Waals surface area contributed by atoms with Gasteiger partial charge in [-0.2, -0.15) is 0 Å². The Hall–Kier alpha value is -1.85. The van der Waals surface area contributed by atoms with E-state index in [0.717, 1.165) is 43.2 Å². The Morgan fingerprint density at radius 1 is 1.26 bits per heavy atom. The molecular weight excluding hydrogens is 390 g/mol. The van der Waals surface area contributed by atoms with Gasteiger partial charge in [-0.15, -0.1) is 0 Å². The van der Waals surface area contributed by atoms with E-state index in [1.165, 1.54) is 30.5 Å². The maximum absolute atomic E-state index is 13.0. The van der Waals surface area contributed by atoms with Crippen molar-refractivity contribution in [2.24, 2.45) is 17.3 Å². The summed E-state index contributed by atoms with van der Waals surface area (Å²) < 4.78 is 18.9. The van der Waals surface area contributed by atoms with E-state index >= 15 is 0 Å². The van der Waals surface area contributed by atoms with Gasteiger partial charge in [-0.25, -0.2) is 0 Å². The molecule has 6 atom stereocenters. The van der Waals surface area contributed by atoms with E-state index in [4.69, 9.17) is 14.2 Å². The highest BCUT2D eigenvalue weighted by Gasteiger charge is 2.79. The van der Waals surface area contributed by atoms with Crippen LogP contribution >= 0.6 is 0 Å². The van der Waals surface area contributed by atoms with Gasteiger partial charge < -0.3 is 14.2 Å². The molecule has 3 fully saturated rings. The lowest BCUT2D eigenvalue weighted by Gasteiger charge is -2.71. The van der Waals surface area contributed by atoms with E-state index in [-0.39, 0.29) is 28.6 Å². The molecule has 0 N–H and O–H groups in total. The molecule has 4 bridgehead atoms. The molecule has 5 nitrogen and oxygen atoms in total. The van der Waals surface area contributed by atoms with Crippen molar-refractivity contribution in [1.29, 1.82) is 0 Å². The van der Waals surface area contributed by atoms with Gasteiger partial charge in [0.2, 0.25) is 0 Å². The molecule has 8 rings (SSSR count). The highest BCUT2D eigenvalue weighted by molar-refractivity contribution is 5.82. The first kappa shape index (κ1) is 18.7. The fourth-order valence-electron chi connectivity index (χ4n) is 8.39. The number of benzene rings is 1. The second-order valence-corrected chi connectivity index (χ2v) is 10.8. The summed E-state index contributed by atoms with van der Waals surface area (Å²) >= 11 is 0. The standard InChI is InChI=1S/C26H31NO4/c1-15(28)18-13-24-8-9-26(18,30-3)23-25(24)10-11-27(14-16-4-5-16)20(24)12-17-6-7-19(29-2)22(31-23)21(17)25/h6-9,16,18,20,23H,4-5,10-14H2,1-3H3/t18?,20-,23?,24?,25+,26?/m1/s1. The molecule has 1 aromatic rings. The van der Waals surface area contributed by atoms with Crippen molar-refractivity contribution >= 4 is 5.78 Å². The molecule has 1 saturated heterocycles. The predicted octanol–water partition coefficient (Wildman–Crippen LogP) is 3.28. The van der Waals surface area contributed by atoms with Crippen LogP contribution in [0.15, 0.2) is 24.3 Å². The van der Waals surface area contributed by atoms with Crippen molar-refractivity contribution < 1.29 is 19.0 Å². The number of carbonyl (C=O) groups excluding carboxylic acids is 1. The van der Waals surface area contributed by atoms with Gasteiger partial charge >= 0.3 is 0 Å². The normalized spacial score (nSPS) is 43.5. The van der Waals surface area contributed by atoms with Gasteiger partial charge in [-0.05, 0) is 63.1 Å². The number of carbonyl (C=O) groups is 1. The van der Waals surface area contributed by atoms with Gasteiger partial charge in [-0.1, -0.05) is 18.2 Å². The molecule has 0 aromatic heterocycles. The summed E-state index contributed by atoms with van der Waals surface area (Å²) in [6.45, 7) is 4.02. The van der Waals surface area contributed by atoms with Gasteiger partial charge in [0.1, 0.15) is 17.5 Å². The van der Waals surface area contributed by atoms with Crippen LogP contribution in [0.3, 0.4) is 0 Å². The number of rotatable bonds is 5. The van der Waals surface area contributed by atoms with Crippen LogP contribution in [-0.2, 0) is 21.4 Å². The Balaban J connectivity index is 1.51. The fourth-order valence-corrected chi connectivity index (χ4v) is 8.39. The number of likely N-dealkylation sites (tertiary alicyclic amines) is 1. The van der Waals surface area contributed by atoms with E-state index < -0.39 is 5.60 Å². The molecule has 31 heavy (non-hydrogen) atoms. The molecule has 2 aliphatic heterocycles. The molecule has 2 spiro atoms. The van der Waals surface area contributed by atoms with Crippen molar-refractivity contribution in [3.8, 4) is 11.5 Å². The fraction of sp³-hybridized carbons (Fsp3) is 0.654. The molecule has 2 heterocycles. The number of hydrogen-bond donors (Lipinski definition) is 0. The molecule has 1 aromatic carbocycles. The first-order valence-corrected chi connectivity index (χ1v) is 11.9. The minimum Gasteiger partial charge on any atom is -0.493 e. The molecule has 2 saturated carbocycles. The lowest BCUT2D eigenvalue weighted by Crippen LogP contribution is -2.79. The molecule has 164 valence electrons. The second kappa shape index (κ2) is 5.74. The lowest BCUT2D eigenvalue weighted by atomic mass is 9.37. The van der Waals surface area contributed by atoms with Crippen molar-refractivity contribution in [3.63, 3.8) is 0 Å². The van der Waals surface area contributed by atoms with Crippen LogP contribution in [0.1, 0.15) is 43.7 Å². The molecule has 5 heteroatoms. The van der Waals surface area contributed by atoms with Crippen LogP contribution in [0, 0.1) is 17.3 Å². The zero-order valence-corrected chi connectivity index (χ0v) is 18.6. The quantitative estimate of drug-likeness (QED) is 0.683. The molecule has 0 amide bonds. The van der Waals surface area contributed by atoms with Gasteiger partial charge in [0.25, 0.3) is 0 Å². The minimum atomic E-state index is -0.713. The van der Waals surface area contributed by atoms with Crippen molar-refractivity contribution in [2.45, 2.75) is 62.2 Å². The third-order valence-corrected chi connectivity index (χ3v) is 9.80. The van der Waals surface area contributed by atoms with Gasteiger partial charge in [0.15, 0.2) is 11.5 Å². The van der Waals surface area contributed by atoms with Crippen LogP contribution in [0.4, 0.5) is 0 Å². The third-order valence-electron chi connectivity index (χ3n) is 9.80. The Labute approximate surface area is 183 Å². The topological polar surface area (TPSA) is 48.0 Å². The largest absolute Gasteiger partial charge is 0.493 e. The first-order valence-electron chi connectivity index (χ1n) is 11.9. The van der Waals surface area contributed by atoms with Gasteiger partial charge in [0.05, 0.1) is 18.4 Å². The Morgan fingerprint density at radius 3 is 2.81 bits per heavy atom. The Bertz CT molecular complexity index is 1030. The van der Waals surface area contributed by atoms with Crippen LogP contribution in [0.25, 0.3) is 0 Å². The van der Waals surface area contributed by atoms with Crippen LogP contribution in [-0.4, -0.2) is 55.7 Å². The van der Waals surface area contributed by atoms with Gasteiger partial charge in [0, 0.05) is 30.7 Å². The second-order valence-electron chi connectivity index (χ2n) is 10.8. The van der Waals surface area contributed by atoms with Crippen LogP contribution < -0.4 is 9.47 Å². The molecule has 4 unspecified atom stereocenters. The van der Waals surface area contributed by atoms with Crippen LogP contribution in [0.2, 0.25) is 0 Å². The summed E-state index contributed by atoms with van der Waals surface area (Å²) in [5.41, 5.74) is 1.81. The first-order chi connectivity index (χ1) is 15.0. The number of hydrogen-bond acceptors (Lipinski definition) is 5. The number of fused-ring (bicyclic) bond motifs is 1. The average molecular weight is 422 g/mol. The molecular formula is C26H31NO4. The minimum absolute atomic E-state index is 0.0912. The highest BCUT2D eigenvalue weighted by atomic mass is 16.6. The summed E-state index contributed by atoms with van der Waals surface area (Å²) in [4.78, 5) is 15.8. The van der Waals surface area contributed by atoms with E-state index in [1.807, 2.05) is 0 Å². The number of nitrogens with zero attached hydrogens (tertiary/aromatic N) is 1. The van der Waals surface area contributed by atoms with Crippen LogP contribution in [0.5, 0.6) is 11.5 Å². The summed E-state index contributed by atoms with van der Waals surface area (Å²) in [6, 6.07) is 4.74. The van der Waals surface area contributed by atoms with E-state index in [1.54, 1.807) is 21.1 Å². The van der Waals surface area contributed by atoms with Gasteiger partial charge in [-0.3, -0.25) is 9.69 Å². The summed E-state index contributed by atoms with van der Waals surface area (Å²) in [7, 11) is 3.47. The maximum atomic E-state index is 13.0. The van der Waals surface area contributed by atoms with Crippen molar-refractivity contribution in [1.82, 2.24) is 4.90 Å². The van der Waals surface area contributed by atoms with E-state index in [2.05, 4.69) is 29.2 Å². The number of methoxy groups -OCH3 is 2. The molecule has 0 radical (unpaired) electrons. The number of ether oxygens (including phenoxy) is 3. The van der Waals surface area contributed by atoms with E-state index in [9.17, 15) is 4.79 Å². The zero-order valence-electron chi connectivity index (χ0n) is 18.6.